The van der Waals surface area contributed by atoms with Gasteiger partial charge in [-0.2, -0.15) is 10.4 Å². The molecule has 0 atom stereocenters. The van der Waals surface area contributed by atoms with E-state index in [-0.39, 0.29) is 11.4 Å². The van der Waals surface area contributed by atoms with Crippen LogP contribution < -0.4 is 5.32 Å². The van der Waals surface area contributed by atoms with E-state index in [4.69, 9.17) is 11.6 Å². The summed E-state index contributed by atoms with van der Waals surface area (Å²) in [4.78, 5) is 12.5. The Morgan fingerprint density at radius 1 is 1.28 bits per heavy atom. The Labute approximate surface area is 173 Å². The van der Waals surface area contributed by atoms with Crippen molar-refractivity contribution in [1.82, 2.24) is 9.78 Å². The smallest absolute Gasteiger partial charge is 0.266 e. The van der Waals surface area contributed by atoms with E-state index in [0.717, 1.165) is 11.1 Å². The first-order chi connectivity index (χ1) is 13.9. The molecule has 0 spiro atoms. The van der Waals surface area contributed by atoms with Gasteiger partial charge in [-0.1, -0.05) is 35.9 Å². The zero-order valence-electron chi connectivity index (χ0n) is 15.9. The number of carbonyl (C=O) groups is 1. The van der Waals surface area contributed by atoms with Crippen molar-refractivity contribution in [1.29, 1.82) is 5.26 Å². The van der Waals surface area contributed by atoms with E-state index in [1.54, 1.807) is 29.8 Å². The van der Waals surface area contributed by atoms with Gasteiger partial charge in [0.2, 0.25) is 0 Å². The van der Waals surface area contributed by atoms with Gasteiger partial charge in [0, 0.05) is 11.3 Å². The number of aryl methyl sites for hydroxylation is 2. The Balaban J connectivity index is 1.85. The molecule has 1 amide bonds. The number of aromatic nitrogens is 2. The number of benzene rings is 2. The third-order valence-electron chi connectivity index (χ3n) is 4.28. The Hall–Kier alpha value is -3.43. The molecule has 5 nitrogen and oxygen atoms in total. The summed E-state index contributed by atoms with van der Waals surface area (Å²) in [6.45, 7) is 3.99. The Morgan fingerprint density at radius 2 is 2.00 bits per heavy atom. The highest BCUT2D eigenvalue weighted by atomic mass is 35.5. The topological polar surface area (TPSA) is 70.7 Å². The van der Waals surface area contributed by atoms with Crippen molar-refractivity contribution >= 4 is 29.3 Å². The van der Waals surface area contributed by atoms with Crippen LogP contribution in [0.5, 0.6) is 0 Å². The quantitative estimate of drug-likeness (QED) is 0.482. The monoisotopic (exact) mass is 408 g/mol. The van der Waals surface area contributed by atoms with Gasteiger partial charge < -0.3 is 5.32 Å². The molecule has 1 heterocycles. The van der Waals surface area contributed by atoms with Gasteiger partial charge in [-0.25, -0.2) is 9.07 Å². The van der Waals surface area contributed by atoms with E-state index < -0.39 is 5.91 Å². The van der Waals surface area contributed by atoms with Crippen LogP contribution in [0.3, 0.4) is 0 Å². The molecule has 1 N–H and O–H groups in total. The summed E-state index contributed by atoms with van der Waals surface area (Å²) >= 11 is 6.44. The van der Waals surface area contributed by atoms with Gasteiger partial charge in [0.1, 0.15) is 22.6 Å². The predicted octanol–water partition coefficient (Wildman–Crippen LogP) is 4.89. The minimum absolute atomic E-state index is 0.0853. The number of amides is 1. The maximum Gasteiger partial charge on any atom is 0.266 e. The summed E-state index contributed by atoms with van der Waals surface area (Å²) in [5.41, 5.74) is 3.40. The molecule has 3 rings (SSSR count). The number of rotatable bonds is 5. The number of carbonyl (C=O) groups excluding carboxylic acids is 1. The first kappa shape index (κ1) is 20.3. The van der Waals surface area contributed by atoms with Crippen LogP contribution in [0.25, 0.3) is 6.08 Å². The molecule has 146 valence electrons. The van der Waals surface area contributed by atoms with Crippen molar-refractivity contribution in [2.75, 3.05) is 5.32 Å². The highest BCUT2D eigenvalue weighted by Crippen LogP contribution is 2.24. The summed E-state index contributed by atoms with van der Waals surface area (Å²) < 4.78 is 14.6. The van der Waals surface area contributed by atoms with Crippen LogP contribution in [0.2, 0.25) is 5.15 Å². The highest BCUT2D eigenvalue weighted by molar-refractivity contribution is 6.31. The molecule has 0 saturated carbocycles. The Bertz CT molecular complexity index is 1130. The second-order valence-corrected chi connectivity index (χ2v) is 6.93. The van der Waals surface area contributed by atoms with Gasteiger partial charge >= 0.3 is 0 Å². The zero-order valence-corrected chi connectivity index (χ0v) is 16.7. The minimum atomic E-state index is -0.528. The van der Waals surface area contributed by atoms with Crippen molar-refractivity contribution in [3.8, 4) is 6.07 Å². The second kappa shape index (κ2) is 8.72. The third-order valence-corrected chi connectivity index (χ3v) is 4.68. The summed E-state index contributed by atoms with van der Waals surface area (Å²) in [6, 6.07) is 15.2. The highest BCUT2D eigenvalue weighted by Gasteiger charge is 2.16. The molecular formula is C22H18ClFN4O. The van der Waals surface area contributed by atoms with E-state index in [0.29, 0.717) is 28.6 Å². The molecular weight excluding hydrogens is 391 g/mol. The molecule has 7 heteroatoms. The lowest BCUT2D eigenvalue weighted by atomic mass is 10.1. The van der Waals surface area contributed by atoms with Crippen LogP contribution in [-0.4, -0.2) is 15.7 Å². The van der Waals surface area contributed by atoms with Crippen LogP contribution in [0.1, 0.15) is 22.4 Å². The van der Waals surface area contributed by atoms with Gasteiger partial charge in [0.05, 0.1) is 12.2 Å². The molecule has 29 heavy (non-hydrogen) atoms. The molecule has 0 aliphatic carbocycles. The van der Waals surface area contributed by atoms with Gasteiger partial charge in [0.25, 0.3) is 5.91 Å². The lowest BCUT2D eigenvalue weighted by molar-refractivity contribution is -0.112. The molecule has 0 radical (unpaired) electrons. The summed E-state index contributed by atoms with van der Waals surface area (Å²) in [7, 11) is 0. The van der Waals surface area contributed by atoms with E-state index in [1.165, 1.54) is 18.2 Å². The Morgan fingerprint density at radius 3 is 2.66 bits per heavy atom. The average Bonchev–Trinajstić information content (AvgIpc) is 2.94. The maximum atomic E-state index is 13.1. The van der Waals surface area contributed by atoms with Crippen molar-refractivity contribution in [2.24, 2.45) is 0 Å². The Kier molecular flexibility index (Phi) is 6.10. The fourth-order valence-electron chi connectivity index (χ4n) is 2.81. The second-order valence-electron chi connectivity index (χ2n) is 6.57. The number of nitriles is 1. The summed E-state index contributed by atoms with van der Waals surface area (Å²) in [5, 5.41) is 16.8. The molecule has 0 bridgehead atoms. The predicted molar refractivity (Wildman–Crippen MR) is 111 cm³/mol. The number of anilines is 1. The van der Waals surface area contributed by atoms with E-state index in [2.05, 4.69) is 10.4 Å². The SMILES string of the molecule is Cc1cccc(NC(=O)/C(C#N)=C/c2c(C)nn(Cc3ccc(F)cc3)c2Cl)c1. The largest absolute Gasteiger partial charge is 0.321 e. The molecule has 0 fully saturated rings. The van der Waals surface area contributed by atoms with Crippen LogP contribution in [0.4, 0.5) is 10.1 Å². The third kappa shape index (κ3) is 4.89. The fraction of sp³-hybridized carbons (Fsp3) is 0.136. The molecule has 2 aromatic carbocycles. The van der Waals surface area contributed by atoms with E-state index >= 15 is 0 Å². The minimum Gasteiger partial charge on any atom is -0.321 e. The van der Waals surface area contributed by atoms with Gasteiger partial charge in [-0.3, -0.25) is 4.79 Å². The van der Waals surface area contributed by atoms with Crippen LogP contribution in [-0.2, 0) is 11.3 Å². The number of nitrogens with zero attached hydrogens (tertiary/aromatic N) is 3. The van der Waals surface area contributed by atoms with E-state index in [9.17, 15) is 14.4 Å². The van der Waals surface area contributed by atoms with Gasteiger partial charge in [-0.05, 0) is 55.3 Å². The van der Waals surface area contributed by atoms with Crippen LogP contribution >= 0.6 is 11.6 Å². The van der Waals surface area contributed by atoms with Gasteiger partial charge in [-0.15, -0.1) is 0 Å². The van der Waals surface area contributed by atoms with Crippen LogP contribution in [0, 0.1) is 31.0 Å². The first-order valence-electron chi connectivity index (χ1n) is 8.84. The molecule has 0 saturated heterocycles. The lowest BCUT2D eigenvalue weighted by Gasteiger charge is -2.05. The summed E-state index contributed by atoms with van der Waals surface area (Å²) in [6.07, 6.45) is 1.43. The number of hydrogen-bond donors (Lipinski definition) is 1. The van der Waals surface area contributed by atoms with Gasteiger partial charge in [0.15, 0.2) is 0 Å². The standard InChI is InChI=1S/C22H18ClFN4O/c1-14-4-3-5-19(10-14)26-22(29)17(12-25)11-20-15(2)27-28(21(20)23)13-16-6-8-18(24)9-7-16/h3-11H,13H2,1-2H3,(H,26,29)/b17-11+. The van der Waals surface area contributed by atoms with Crippen molar-refractivity contribution in [3.05, 3.63) is 87.5 Å². The van der Waals surface area contributed by atoms with Crippen molar-refractivity contribution in [2.45, 2.75) is 20.4 Å². The lowest BCUT2D eigenvalue weighted by Crippen LogP contribution is -2.13. The average molecular weight is 409 g/mol. The molecule has 0 unspecified atom stereocenters. The van der Waals surface area contributed by atoms with Crippen molar-refractivity contribution in [3.63, 3.8) is 0 Å². The van der Waals surface area contributed by atoms with E-state index in [1.807, 2.05) is 31.2 Å². The fourth-order valence-corrected chi connectivity index (χ4v) is 3.10. The molecule has 0 aliphatic heterocycles. The number of hydrogen-bond acceptors (Lipinski definition) is 3. The first-order valence-corrected chi connectivity index (χ1v) is 9.22. The number of halogens is 2. The maximum absolute atomic E-state index is 13.1. The van der Waals surface area contributed by atoms with Crippen LogP contribution in [0.15, 0.2) is 54.1 Å². The zero-order chi connectivity index (χ0) is 21.0. The molecule has 1 aromatic heterocycles. The normalized spacial score (nSPS) is 11.2. The molecule has 3 aromatic rings. The number of nitrogens with one attached hydrogen (secondary N) is 1. The summed E-state index contributed by atoms with van der Waals surface area (Å²) in [5.74, 6) is -0.849. The molecule has 0 aliphatic rings. The van der Waals surface area contributed by atoms with Crippen molar-refractivity contribution < 1.29 is 9.18 Å².